The Kier molecular flexibility index (Phi) is 12.0. The molecule has 0 bridgehead atoms. The number of hydrogen-bond donors (Lipinski definition) is 0. The first kappa shape index (κ1) is 21.3. The van der Waals surface area contributed by atoms with Crippen LogP contribution < -0.4 is 0 Å². The Balaban J connectivity index is 3.60. The highest BCUT2D eigenvalue weighted by molar-refractivity contribution is 7.89. The summed E-state index contributed by atoms with van der Waals surface area (Å²) in [6.07, 6.45) is 13.9. The van der Waals surface area contributed by atoms with Crippen LogP contribution in [0.4, 0.5) is 0 Å². The van der Waals surface area contributed by atoms with E-state index in [0.29, 0.717) is 6.16 Å². The van der Waals surface area contributed by atoms with Gasteiger partial charge in [0.1, 0.15) is 0 Å². The standard InChI is InChI=1S/C15H33O4PS/c1-4-6-7-8-9-10-11-12-13-14-15-20(3,5-2)19-21(16,17)18/h4-15H2,1-3H3. The molecule has 1 unspecified atom stereocenters. The van der Waals surface area contributed by atoms with Gasteiger partial charge in [-0.3, -0.25) is 0 Å². The van der Waals surface area contributed by atoms with E-state index in [0.717, 1.165) is 19.0 Å². The zero-order valence-corrected chi connectivity index (χ0v) is 15.7. The molecular weight excluding hydrogens is 307 g/mol. The van der Waals surface area contributed by atoms with Gasteiger partial charge in [-0.25, -0.2) is 8.42 Å². The van der Waals surface area contributed by atoms with Crippen molar-refractivity contribution in [2.45, 2.75) is 78.1 Å². The Morgan fingerprint density at radius 1 is 0.857 bits per heavy atom. The van der Waals surface area contributed by atoms with Gasteiger partial charge in [-0.2, -0.15) is 0 Å². The summed E-state index contributed by atoms with van der Waals surface area (Å²) >= 11 is 0. The van der Waals surface area contributed by atoms with Crippen LogP contribution in [0, 0.1) is 0 Å². The summed E-state index contributed by atoms with van der Waals surface area (Å²) in [6, 6.07) is 0. The molecule has 0 saturated carbocycles. The molecule has 21 heavy (non-hydrogen) atoms. The molecule has 128 valence electrons. The van der Waals surface area contributed by atoms with Crippen molar-refractivity contribution in [3.05, 3.63) is 0 Å². The third-order valence-electron chi connectivity index (χ3n) is 3.92. The predicted molar refractivity (Wildman–Crippen MR) is 90.9 cm³/mol. The Hall–Kier alpha value is 0.300. The molecule has 0 radical (unpaired) electrons. The van der Waals surface area contributed by atoms with Gasteiger partial charge < -0.3 is 4.55 Å². The lowest BCUT2D eigenvalue weighted by Crippen LogP contribution is -2.11. The average molecular weight is 340 g/mol. The summed E-state index contributed by atoms with van der Waals surface area (Å²) in [4.78, 5) is 0. The smallest absolute Gasteiger partial charge is 0.252 e. The van der Waals surface area contributed by atoms with Crippen LogP contribution in [0.3, 0.4) is 0 Å². The lowest BCUT2D eigenvalue weighted by molar-refractivity contribution is 0.381. The largest absolute Gasteiger partial charge is 0.723 e. The van der Waals surface area contributed by atoms with Crippen LogP contribution in [0.15, 0.2) is 0 Å². The van der Waals surface area contributed by atoms with Gasteiger partial charge in [0, 0.05) is 0 Å². The summed E-state index contributed by atoms with van der Waals surface area (Å²) < 4.78 is 37.0. The first-order valence-corrected chi connectivity index (χ1v) is 12.2. The van der Waals surface area contributed by atoms with Crippen molar-refractivity contribution < 1.29 is 16.9 Å². The average Bonchev–Trinajstić information content (AvgIpc) is 2.39. The van der Waals surface area contributed by atoms with E-state index in [2.05, 4.69) is 6.92 Å². The number of hydrogen-bond acceptors (Lipinski definition) is 4. The van der Waals surface area contributed by atoms with Gasteiger partial charge in [-0.05, 0) is 19.8 Å². The third-order valence-corrected chi connectivity index (χ3v) is 8.69. The second kappa shape index (κ2) is 11.8. The molecule has 0 aromatic rings. The highest BCUT2D eigenvalue weighted by atomic mass is 32.3. The maximum Gasteiger partial charge on any atom is 0.252 e. The molecule has 0 aromatic heterocycles. The van der Waals surface area contributed by atoms with Crippen molar-refractivity contribution >= 4 is 17.9 Å². The molecule has 0 saturated heterocycles. The van der Waals surface area contributed by atoms with Crippen molar-refractivity contribution in [3.63, 3.8) is 0 Å². The van der Waals surface area contributed by atoms with E-state index in [-0.39, 0.29) is 0 Å². The second-order valence-corrected chi connectivity index (χ2v) is 11.1. The van der Waals surface area contributed by atoms with Gasteiger partial charge in [0.25, 0.3) is 10.4 Å². The van der Waals surface area contributed by atoms with Crippen molar-refractivity contribution in [1.29, 1.82) is 0 Å². The molecule has 0 N–H and O–H groups in total. The van der Waals surface area contributed by atoms with Gasteiger partial charge in [0.05, 0.1) is 19.0 Å². The quantitative estimate of drug-likeness (QED) is 0.194. The summed E-state index contributed by atoms with van der Waals surface area (Å²) in [7, 11) is -6.60. The molecule has 0 heterocycles. The van der Waals surface area contributed by atoms with Crippen molar-refractivity contribution in [2.24, 2.45) is 0 Å². The molecule has 0 aliphatic rings. The summed E-state index contributed by atoms with van der Waals surface area (Å²) in [5, 5.41) is 0. The first-order valence-electron chi connectivity index (χ1n) is 8.34. The Morgan fingerprint density at radius 2 is 1.29 bits per heavy atom. The second-order valence-electron chi connectivity index (χ2n) is 6.00. The lowest BCUT2D eigenvalue weighted by atomic mass is 10.1. The van der Waals surface area contributed by atoms with E-state index in [1.165, 1.54) is 51.4 Å². The van der Waals surface area contributed by atoms with E-state index in [1.54, 1.807) is 0 Å². The fraction of sp³-hybridized carbons (Fsp3) is 1.00. The molecule has 0 aliphatic carbocycles. The third kappa shape index (κ3) is 13.7. The minimum absolute atomic E-state index is 0.645. The molecule has 0 aliphatic heterocycles. The van der Waals surface area contributed by atoms with Crippen LogP contribution in [-0.4, -0.2) is 32.0 Å². The molecule has 1 atom stereocenters. The molecule has 6 heteroatoms. The number of unbranched alkanes of at least 4 members (excludes halogenated alkanes) is 9. The summed E-state index contributed by atoms with van der Waals surface area (Å²) in [6.45, 7) is 5.94. The van der Waals surface area contributed by atoms with Crippen molar-refractivity contribution in [2.75, 3.05) is 19.0 Å². The van der Waals surface area contributed by atoms with Gasteiger partial charge in [0.2, 0.25) is 0 Å². The maximum absolute atomic E-state index is 10.7. The minimum Gasteiger partial charge on any atom is -0.723 e. The van der Waals surface area contributed by atoms with Crippen LogP contribution in [0.25, 0.3) is 0 Å². The monoisotopic (exact) mass is 340 g/mol. The van der Waals surface area contributed by atoms with Crippen LogP contribution in [-0.2, 0) is 14.4 Å². The topological polar surface area (TPSA) is 66.4 Å². The van der Waals surface area contributed by atoms with Crippen LogP contribution in [0.2, 0.25) is 0 Å². The van der Waals surface area contributed by atoms with Gasteiger partial charge in [0.15, 0.2) is 7.49 Å². The fourth-order valence-corrected chi connectivity index (χ4v) is 6.09. The summed E-state index contributed by atoms with van der Waals surface area (Å²) in [5.74, 6) is 0. The van der Waals surface area contributed by atoms with Crippen molar-refractivity contribution in [1.82, 2.24) is 0 Å². The zero-order chi connectivity index (χ0) is 16.2. The normalized spacial score (nSPS) is 15.0. The first-order chi connectivity index (χ1) is 9.83. The Morgan fingerprint density at radius 3 is 1.67 bits per heavy atom. The molecular formula is C15H33O4PS. The van der Waals surface area contributed by atoms with E-state index >= 15 is 0 Å². The SMILES string of the molecule is CCCCCCCCCCCC[P+](C)(CC)OS(=O)(=O)[O-]. The Bertz CT molecular complexity index is 346. The molecule has 0 rings (SSSR count). The zero-order valence-electron chi connectivity index (χ0n) is 14.0. The van der Waals surface area contributed by atoms with Crippen LogP contribution in [0.1, 0.15) is 78.1 Å². The van der Waals surface area contributed by atoms with E-state index in [1.807, 2.05) is 13.6 Å². The van der Waals surface area contributed by atoms with Gasteiger partial charge in [-0.15, -0.1) is 3.97 Å². The van der Waals surface area contributed by atoms with E-state index < -0.39 is 17.9 Å². The van der Waals surface area contributed by atoms with Crippen molar-refractivity contribution in [3.8, 4) is 0 Å². The maximum atomic E-state index is 10.7. The molecule has 0 aromatic carbocycles. The Labute approximate surface area is 132 Å². The molecule has 0 spiro atoms. The number of rotatable bonds is 14. The fourth-order valence-electron chi connectivity index (χ4n) is 2.40. The predicted octanol–water partition coefficient (Wildman–Crippen LogP) is 4.97. The lowest BCUT2D eigenvalue weighted by Gasteiger charge is -2.20. The van der Waals surface area contributed by atoms with Gasteiger partial charge >= 0.3 is 0 Å². The molecule has 0 amide bonds. The molecule has 4 nitrogen and oxygen atoms in total. The van der Waals surface area contributed by atoms with E-state index in [9.17, 15) is 13.0 Å². The van der Waals surface area contributed by atoms with Crippen LogP contribution >= 0.6 is 7.49 Å². The summed E-state index contributed by atoms with van der Waals surface area (Å²) in [5.41, 5.74) is 0. The van der Waals surface area contributed by atoms with Gasteiger partial charge in [-0.1, -0.05) is 58.3 Å². The molecule has 0 fully saturated rings. The minimum atomic E-state index is -4.56. The van der Waals surface area contributed by atoms with E-state index in [4.69, 9.17) is 3.97 Å². The highest BCUT2D eigenvalue weighted by Gasteiger charge is 2.34. The van der Waals surface area contributed by atoms with Crippen LogP contribution in [0.5, 0.6) is 0 Å². The highest BCUT2D eigenvalue weighted by Crippen LogP contribution is 2.57.